The van der Waals surface area contributed by atoms with E-state index in [4.69, 9.17) is 0 Å². The van der Waals surface area contributed by atoms with Gasteiger partial charge in [-0.15, -0.1) is 0 Å². The normalized spacial score (nSPS) is 11.0. The molecular weight excluding hydrogens is 306 g/mol. The lowest BCUT2D eigenvalue weighted by molar-refractivity contribution is 0.750. The van der Waals surface area contributed by atoms with Gasteiger partial charge in [0.15, 0.2) is 0 Å². The third-order valence-electron chi connectivity index (χ3n) is 3.69. The zero-order valence-corrected chi connectivity index (χ0v) is 13.0. The van der Waals surface area contributed by atoms with E-state index in [2.05, 4.69) is 9.36 Å². The van der Waals surface area contributed by atoms with Gasteiger partial charge in [-0.25, -0.2) is 4.98 Å². The summed E-state index contributed by atoms with van der Waals surface area (Å²) in [4.78, 5) is 17.2. The topological polar surface area (TPSA) is 47.8 Å². The Labute approximate surface area is 136 Å². The molecule has 0 radical (unpaired) electrons. The first-order valence-corrected chi connectivity index (χ1v) is 8.04. The van der Waals surface area contributed by atoms with Crippen LogP contribution >= 0.6 is 11.5 Å². The van der Waals surface area contributed by atoms with Crippen LogP contribution in [0.5, 0.6) is 0 Å². The van der Waals surface area contributed by atoms with Crippen LogP contribution in [0.25, 0.3) is 21.5 Å². The van der Waals surface area contributed by atoms with Crippen LogP contribution in [0, 0.1) is 0 Å². The molecule has 0 aliphatic heterocycles. The quantitative estimate of drug-likeness (QED) is 0.580. The molecule has 0 spiro atoms. The summed E-state index contributed by atoms with van der Waals surface area (Å²) in [5, 5.41) is 0. The van der Waals surface area contributed by atoms with Gasteiger partial charge in [-0.1, -0.05) is 60.7 Å². The van der Waals surface area contributed by atoms with E-state index in [1.54, 1.807) is 10.9 Å². The fraction of sp³-hybridized carbons (Fsp3) is 0.0556. The van der Waals surface area contributed by atoms with E-state index in [1.165, 1.54) is 11.5 Å². The van der Waals surface area contributed by atoms with Crippen LogP contribution in [0.3, 0.4) is 0 Å². The number of hydrogen-bond acceptors (Lipinski definition) is 4. The van der Waals surface area contributed by atoms with Crippen LogP contribution in [0.4, 0.5) is 0 Å². The summed E-state index contributed by atoms with van der Waals surface area (Å²) in [5.74, 6) is 0. The van der Waals surface area contributed by atoms with Crippen LogP contribution in [-0.4, -0.2) is 13.9 Å². The van der Waals surface area contributed by atoms with Crippen molar-refractivity contribution in [1.82, 2.24) is 13.9 Å². The lowest BCUT2D eigenvalue weighted by Crippen LogP contribution is -2.20. The van der Waals surface area contributed by atoms with E-state index in [-0.39, 0.29) is 5.56 Å². The molecule has 4 rings (SSSR count). The van der Waals surface area contributed by atoms with Crippen LogP contribution in [0.15, 0.2) is 71.8 Å². The highest BCUT2D eigenvalue weighted by Gasteiger charge is 2.14. The predicted molar refractivity (Wildman–Crippen MR) is 92.7 cm³/mol. The van der Waals surface area contributed by atoms with Gasteiger partial charge in [0.25, 0.3) is 5.56 Å². The third-order valence-corrected chi connectivity index (χ3v) is 4.52. The fourth-order valence-electron chi connectivity index (χ4n) is 2.53. The summed E-state index contributed by atoms with van der Waals surface area (Å²) < 4.78 is 6.67. The predicted octanol–water partition coefficient (Wildman–Crippen LogP) is 3.57. The van der Waals surface area contributed by atoms with Gasteiger partial charge in [0, 0.05) is 5.56 Å². The van der Waals surface area contributed by atoms with Crippen molar-refractivity contribution in [3.8, 4) is 11.3 Å². The van der Waals surface area contributed by atoms with E-state index in [0.717, 1.165) is 16.8 Å². The summed E-state index contributed by atoms with van der Waals surface area (Å²) in [6.45, 7) is 0.515. The molecule has 0 amide bonds. The molecule has 0 atom stereocenters. The Morgan fingerprint density at radius 3 is 2.39 bits per heavy atom. The van der Waals surface area contributed by atoms with Gasteiger partial charge >= 0.3 is 0 Å². The van der Waals surface area contributed by atoms with Crippen LogP contribution in [-0.2, 0) is 6.54 Å². The van der Waals surface area contributed by atoms with E-state index < -0.39 is 0 Å². The second kappa shape index (κ2) is 5.78. The molecule has 5 heteroatoms. The lowest BCUT2D eigenvalue weighted by atomic mass is 10.1. The molecule has 0 aliphatic carbocycles. The number of aromatic nitrogens is 3. The van der Waals surface area contributed by atoms with Crippen molar-refractivity contribution in [2.75, 3.05) is 0 Å². The van der Waals surface area contributed by atoms with E-state index in [0.29, 0.717) is 16.8 Å². The summed E-state index contributed by atoms with van der Waals surface area (Å²) in [7, 11) is 0. The molecule has 2 heterocycles. The first kappa shape index (κ1) is 13.8. The Morgan fingerprint density at radius 2 is 1.65 bits per heavy atom. The van der Waals surface area contributed by atoms with E-state index >= 15 is 0 Å². The smallest absolute Gasteiger partial charge is 0.273 e. The Bertz CT molecular complexity index is 1010. The maximum absolute atomic E-state index is 12.7. The average Bonchev–Trinajstić information content (AvgIpc) is 3.04. The minimum Gasteiger partial charge on any atom is -0.293 e. The molecule has 23 heavy (non-hydrogen) atoms. The van der Waals surface area contributed by atoms with Crippen LogP contribution < -0.4 is 5.56 Å². The second-order valence-electron chi connectivity index (χ2n) is 5.24. The molecule has 2 aromatic carbocycles. The largest absolute Gasteiger partial charge is 0.293 e. The van der Waals surface area contributed by atoms with Crippen molar-refractivity contribution in [2.45, 2.75) is 6.54 Å². The molecule has 4 nitrogen and oxygen atoms in total. The first-order chi connectivity index (χ1) is 11.3. The highest BCUT2D eigenvalue weighted by atomic mass is 32.1. The number of nitrogens with zero attached hydrogens (tertiary/aromatic N) is 3. The first-order valence-electron chi connectivity index (χ1n) is 7.27. The monoisotopic (exact) mass is 319 g/mol. The van der Waals surface area contributed by atoms with Gasteiger partial charge in [0.1, 0.15) is 15.9 Å². The molecule has 0 bridgehead atoms. The molecule has 0 N–H and O–H groups in total. The maximum atomic E-state index is 12.7. The zero-order valence-electron chi connectivity index (χ0n) is 12.2. The number of fused-ring (bicyclic) bond motifs is 1. The Kier molecular flexibility index (Phi) is 3.48. The van der Waals surface area contributed by atoms with Gasteiger partial charge in [-0.05, 0) is 17.1 Å². The minimum absolute atomic E-state index is 0.0430. The van der Waals surface area contributed by atoms with Crippen molar-refractivity contribution in [3.05, 3.63) is 82.9 Å². The second-order valence-corrected chi connectivity index (χ2v) is 6.01. The summed E-state index contributed by atoms with van der Waals surface area (Å²) in [6.07, 6.45) is 1.61. The Balaban J connectivity index is 1.80. The van der Waals surface area contributed by atoms with Gasteiger partial charge in [-0.2, -0.15) is 4.37 Å². The van der Waals surface area contributed by atoms with Crippen molar-refractivity contribution in [2.24, 2.45) is 0 Å². The number of rotatable bonds is 3. The van der Waals surface area contributed by atoms with Crippen LogP contribution in [0.1, 0.15) is 5.56 Å². The Hall–Kier alpha value is -2.79. The lowest BCUT2D eigenvalue weighted by Gasteiger charge is -2.05. The molecule has 0 unspecified atom stereocenters. The summed E-state index contributed by atoms with van der Waals surface area (Å²) in [5.41, 5.74) is 3.46. The highest BCUT2D eigenvalue weighted by molar-refractivity contribution is 7.13. The third kappa shape index (κ3) is 2.55. The number of hydrogen-bond donors (Lipinski definition) is 0. The molecule has 4 aromatic rings. The summed E-state index contributed by atoms with van der Waals surface area (Å²) >= 11 is 1.21. The van der Waals surface area contributed by atoms with Crippen molar-refractivity contribution >= 4 is 21.7 Å². The average molecular weight is 319 g/mol. The van der Waals surface area contributed by atoms with Gasteiger partial charge < -0.3 is 0 Å². The van der Waals surface area contributed by atoms with Gasteiger partial charge in [0.05, 0.1) is 12.9 Å². The SMILES string of the molecule is O=c1c2snc(-c3ccccc3)c2ncn1Cc1ccccc1. The molecule has 0 saturated heterocycles. The number of benzene rings is 2. The van der Waals surface area contributed by atoms with Crippen molar-refractivity contribution < 1.29 is 0 Å². The summed E-state index contributed by atoms with van der Waals surface area (Å²) in [6, 6.07) is 19.7. The molecular formula is C18H13N3OS. The van der Waals surface area contributed by atoms with Gasteiger partial charge in [-0.3, -0.25) is 9.36 Å². The Morgan fingerprint density at radius 1 is 0.957 bits per heavy atom. The fourth-order valence-corrected chi connectivity index (χ4v) is 3.34. The van der Waals surface area contributed by atoms with E-state index in [9.17, 15) is 4.79 Å². The van der Waals surface area contributed by atoms with Crippen molar-refractivity contribution in [3.63, 3.8) is 0 Å². The molecule has 0 saturated carbocycles. The molecule has 0 fully saturated rings. The molecule has 0 aliphatic rings. The van der Waals surface area contributed by atoms with Crippen molar-refractivity contribution in [1.29, 1.82) is 0 Å². The minimum atomic E-state index is -0.0430. The van der Waals surface area contributed by atoms with Gasteiger partial charge in [0.2, 0.25) is 0 Å². The van der Waals surface area contributed by atoms with Crippen LogP contribution in [0.2, 0.25) is 0 Å². The highest BCUT2D eigenvalue weighted by Crippen LogP contribution is 2.26. The maximum Gasteiger partial charge on any atom is 0.273 e. The standard InChI is InChI=1S/C18H13N3OS/c22-18-17-16(15(20-23-17)14-9-5-2-6-10-14)19-12-21(18)11-13-7-3-1-4-8-13/h1-10,12H,11H2. The molecule has 2 aromatic heterocycles. The molecule has 112 valence electrons. The zero-order chi connectivity index (χ0) is 15.6. The van der Waals surface area contributed by atoms with E-state index in [1.807, 2.05) is 60.7 Å².